The number of nitriles is 1. The highest BCUT2D eigenvalue weighted by atomic mass is 16.1. The van der Waals surface area contributed by atoms with Crippen molar-refractivity contribution in [2.45, 2.75) is 26.3 Å². The molecule has 0 radical (unpaired) electrons. The maximum absolute atomic E-state index is 11.6. The van der Waals surface area contributed by atoms with E-state index in [2.05, 4.69) is 5.32 Å². The predicted molar refractivity (Wildman–Crippen MR) is 58.4 cm³/mol. The number of nitrogens with one attached hydrogen (secondary N) is 1. The van der Waals surface area contributed by atoms with Crippen molar-refractivity contribution in [2.75, 3.05) is 0 Å². The van der Waals surface area contributed by atoms with Crippen LogP contribution in [0.2, 0.25) is 0 Å². The van der Waals surface area contributed by atoms with Crippen LogP contribution >= 0.6 is 0 Å². The summed E-state index contributed by atoms with van der Waals surface area (Å²) in [5.74, 6) is -0.0890. The lowest BCUT2D eigenvalue weighted by Crippen LogP contribution is -2.31. The number of hydrogen-bond acceptors (Lipinski definition) is 2. The number of benzene rings is 1. The fourth-order valence-electron chi connectivity index (χ4n) is 1.11. The third-order valence-electron chi connectivity index (χ3n) is 2.27. The Morgan fingerprint density at radius 3 is 2.53 bits per heavy atom. The molecule has 0 saturated heterocycles. The number of amides is 1. The van der Waals surface area contributed by atoms with E-state index in [0.29, 0.717) is 11.1 Å². The summed E-state index contributed by atoms with van der Waals surface area (Å²) in [7, 11) is 0. The van der Waals surface area contributed by atoms with Crippen LogP contribution in [0.25, 0.3) is 0 Å². The molecule has 0 aliphatic heterocycles. The highest BCUT2D eigenvalue weighted by Crippen LogP contribution is 2.03. The van der Waals surface area contributed by atoms with E-state index in [4.69, 9.17) is 5.26 Å². The molecule has 0 aliphatic carbocycles. The molecule has 1 amide bonds. The molecular formula is C12H14N2O. The van der Waals surface area contributed by atoms with E-state index in [-0.39, 0.29) is 11.9 Å². The second-order valence-corrected chi connectivity index (χ2v) is 3.47. The Balaban J connectivity index is 2.71. The van der Waals surface area contributed by atoms with E-state index >= 15 is 0 Å². The summed E-state index contributed by atoms with van der Waals surface area (Å²) in [6, 6.07) is 8.80. The summed E-state index contributed by atoms with van der Waals surface area (Å²) in [5.41, 5.74) is 1.16. The lowest BCUT2D eigenvalue weighted by Gasteiger charge is -2.10. The van der Waals surface area contributed by atoms with Gasteiger partial charge in [-0.25, -0.2) is 0 Å². The van der Waals surface area contributed by atoms with Gasteiger partial charge in [0, 0.05) is 11.6 Å². The molecule has 0 heterocycles. The van der Waals surface area contributed by atoms with Crippen molar-refractivity contribution in [3.8, 4) is 6.07 Å². The van der Waals surface area contributed by atoms with Crippen LogP contribution in [0.4, 0.5) is 0 Å². The quantitative estimate of drug-likeness (QED) is 0.815. The first-order valence-corrected chi connectivity index (χ1v) is 4.98. The zero-order valence-electron chi connectivity index (χ0n) is 8.95. The number of nitrogens with zero attached hydrogens (tertiary/aromatic N) is 1. The van der Waals surface area contributed by atoms with Crippen molar-refractivity contribution in [1.29, 1.82) is 5.26 Å². The molecule has 1 N–H and O–H groups in total. The highest BCUT2D eigenvalue weighted by molar-refractivity contribution is 5.94. The van der Waals surface area contributed by atoms with E-state index in [9.17, 15) is 4.79 Å². The van der Waals surface area contributed by atoms with Gasteiger partial charge in [0.2, 0.25) is 0 Å². The van der Waals surface area contributed by atoms with Crippen LogP contribution in [0.5, 0.6) is 0 Å². The van der Waals surface area contributed by atoms with Gasteiger partial charge in [-0.2, -0.15) is 5.26 Å². The number of carbonyl (C=O) groups excluding carboxylic acids is 1. The lowest BCUT2D eigenvalue weighted by molar-refractivity contribution is 0.0939. The topological polar surface area (TPSA) is 52.9 Å². The molecule has 3 nitrogen and oxygen atoms in total. The normalized spacial score (nSPS) is 11.5. The Kier molecular flexibility index (Phi) is 3.87. The van der Waals surface area contributed by atoms with Gasteiger partial charge in [-0.3, -0.25) is 4.79 Å². The zero-order valence-corrected chi connectivity index (χ0v) is 8.95. The monoisotopic (exact) mass is 202 g/mol. The van der Waals surface area contributed by atoms with Gasteiger partial charge >= 0.3 is 0 Å². The van der Waals surface area contributed by atoms with Gasteiger partial charge < -0.3 is 5.32 Å². The molecule has 1 rings (SSSR count). The van der Waals surface area contributed by atoms with Crippen LogP contribution in [0.3, 0.4) is 0 Å². The maximum Gasteiger partial charge on any atom is 0.251 e. The minimum absolute atomic E-state index is 0.0890. The van der Waals surface area contributed by atoms with Crippen LogP contribution in [0.1, 0.15) is 36.2 Å². The largest absolute Gasteiger partial charge is 0.350 e. The Hall–Kier alpha value is -1.82. The number of hydrogen-bond donors (Lipinski definition) is 1. The van der Waals surface area contributed by atoms with Crippen LogP contribution in [-0.2, 0) is 0 Å². The van der Waals surface area contributed by atoms with Gasteiger partial charge in [0.05, 0.1) is 11.6 Å². The van der Waals surface area contributed by atoms with E-state index in [1.165, 1.54) is 0 Å². The SMILES string of the molecule is CC[C@H](C)NC(=O)c1ccc(C#N)cc1. The Bertz CT molecular complexity index is 376. The van der Waals surface area contributed by atoms with Crippen LogP contribution in [-0.4, -0.2) is 11.9 Å². The molecule has 0 aromatic heterocycles. The minimum atomic E-state index is -0.0890. The number of rotatable bonds is 3. The first-order valence-electron chi connectivity index (χ1n) is 4.98. The fourth-order valence-corrected chi connectivity index (χ4v) is 1.11. The number of carbonyl (C=O) groups is 1. The van der Waals surface area contributed by atoms with Gasteiger partial charge in [0.1, 0.15) is 0 Å². The molecule has 15 heavy (non-hydrogen) atoms. The summed E-state index contributed by atoms with van der Waals surface area (Å²) in [6.45, 7) is 3.98. The molecule has 1 atom stereocenters. The van der Waals surface area contributed by atoms with Gasteiger partial charge in [-0.1, -0.05) is 6.92 Å². The highest BCUT2D eigenvalue weighted by Gasteiger charge is 2.07. The van der Waals surface area contributed by atoms with E-state index in [1.807, 2.05) is 19.9 Å². The van der Waals surface area contributed by atoms with Gasteiger partial charge in [0.15, 0.2) is 0 Å². The second kappa shape index (κ2) is 5.16. The summed E-state index contributed by atoms with van der Waals surface area (Å²) < 4.78 is 0. The van der Waals surface area contributed by atoms with E-state index in [0.717, 1.165) is 6.42 Å². The Labute approximate surface area is 89.7 Å². The van der Waals surface area contributed by atoms with Gasteiger partial charge in [-0.05, 0) is 37.6 Å². The standard InChI is InChI=1S/C12H14N2O/c1-3-9(2)14-12(15)11-6-4-10(8-13)5-7-11/h4-7,9H,3H2,1-2H3,(H,14,15)/t9-/m0/s1. The first-order chi connectivity index (χ1) is 7.17. The summed E-state index contributed by atoms with van der Waals surface area (Å²) in [4.78, 5) is 11.6. The molecule has 0 unspecified atom stereocenters. The van der Waals surface area contributed by atoms with E-state index in [1.54, 1.807) is 24.3 Å². The lowest BCUT2D eigenvalue weighted by atomic mass is 10.1. The molecule has 1 aromatic rings. The van der Waals surface area contributed by atoms with Gasteiger partial charge in [-0.15, -0.1) is 0 Å². The molecule has 0 bridgehead atoms. The van der Waals surface area contributed by atoms with Crippen molar-refractivity contribution < 1.29 is 4.79 Å². The maximum atomic E-state index is 11.6. The summed E-state index contributed by atoms with van der Waals surface area (Å²) in [6.07, 6.45) is 0.905. The third-order valence-corrected chi connectivity index (χ3v) is 2.27. The zero-order chi connectivity index (χ0) is 11.3. The molecule has 0 aliphatic rings. The molecule has 0 fully saturated rings. The molecule has 78 valence electrons. The first kappa shape index (κ1) is 11.3. The second-order valence-electron chi connectivity index (χ2n) is 3.47. The average molecular weight is 202 g/mol. The summed E-state index contributed by atoms with van der Waals surface area (Å²) >= 11 is 0. The van der Waals surface area contributed by atoms with Crippen molar-refractivity contribution in [3.05, 3.63) is 35.4 Å². The molecule has 0 spiro atoms. The molecule has 0 saturated carbocycles. The Morgan fingerprint density at radius 2 is 2.07 bits per heavy atom. The fraction of sp³-hybridized carbons (Fsp3) is 0.333. The van der Waals surface area contributed by atoms with Crippen LogP contribution < -0.4 is 5.32 Å². The van der Waals surface area contributed by atoms with Crippen molar-refractivity contribution in [3.63, 3.8) is 0 Å². The Morgan fingerprint density at radius 1 is 1.47 bits per heavy atom. The summed E-state index contributed by atoms with van der Waals surface area (Å²) in [5, 5.41) is 11.5. The van der Waals surface area contributed by atoms with Crippen LogP contribution in [0, 0.1) is 11.3 Å². The van der Waals surface area contributed by atoms with Crippen molar-refractivity contribution in [2.24, 2.45) is 0 Å². The van der Waals surface area contributed by atoms with Crippen LogP contribution in [0.15, 0.2) is 24.3 Å². The average Bonchev–Trinajstić information content (AvgIpc) is 2.29. The molecule has 3 heteroatoms. The van der Waals surface area contributed by atoms with Crippen molar-refractivity contribution in [1.82, 2.24) is 5.32 Å². The molecular weight excluding hydrogens is 188 g/mol. The van der Waals surface area contributed by atoms with Crippen molar-refractivity contribution >= 4 is 5.91 Å². The van der Waals surface area contributed by atoms with E-state index < -0.39 is 0 Å². The predicted octanol–water partition coefficient (Wildman–Crippen LogP) is 2.09. The third kappa shape index (κ3) is 3.10. The minimum Gasteiger partial charge on any atom is -0.350 e. The van der Waals surface area contributed by atoms with Gasteiger partial charge in [0.25, 0.3) is 5.91 Å². The molecule has 1 aromatic carbocycles. The smallest absolute Gasteiger partial charge is 0.251 e.